The van der Waals surface area contributed by atoms with Gasteiger partial charge in [0.05, 0.1) is 5.69 Å². The van der Waals surface area contributed by atoms with Gasteiger partial charge in [-0.2, -0.15) is 13.2 Å². The van der Waals surface area contributed by atoms with Crippen molar-refractivity contribution in [2.45, 2.75) is 18.7 Å². The smallest absolute Gasteiger partial charge is 0.480 e. The van der Waals surface area contributed by atoms with Crippen LogP contribution >= 0.6 is 11.3 Å². The molecule has 0 aliphatic carbocycles. The standard InChI is InChI=1S/C21H15N3O2S.C2HF3O2/c25-20(24-21-23-17(12-27-21)14-7-9-22-10-8-14)19-11-16-15-4-2-1-3-13(15)5-6-18(16)26-19;3-2(4,5)1(6)7/h1-10,12,19H,11H2,(H,23,24,25);(H,6,7). The fraction of sp³-hybridized carbons (Fsp3) is 0.130. The number of carbonyl (C=O) groups excluding carboxylic acids is 1. The number of rotatable bonds is 3. The maximum absolute atomic E-state index is 12.7. The van der Waals surface area contributed by atoms with Crippen molar-refractivity contribution in [3.05, 3.63) is 71.9 Å². The van der Waals surface area contributed by atoms with Crippen LogP contribution in [0, 0.1) is 0 Å². The molecular weight excluding hydrogens is 471 g/mol. The number of pyridine rings is 1. The molecule has 0 saturated carbocycles. The largest absolute Gasteiger partial charge is 0.490 e. The van der Waals surface area contributed by atoms with Crippen LogP contribution in [-0.2, 0) is 16.0 Å². The third-order valence-corrected chi connectivity index (χ3v) is 5.66. The molecule has 1 unspecified atom stereocenters. The third-order valence-electron chi connectivity index (χ3n) is 4.90. The number of carboxylic acids is 1. The topological polar surface area (TPSA) is 101 Å². The Kier molecular flexibility index (Phi) is 6.46. The molecule has 1 amide bonds. The van der Waals surface area contributed by atoms with E-state index in [0.29, 0.717) is 11.6 Å². The van der Waals surface area contributed by atoms with Gasteiger partial charge in [-0.1, -0.05) is 30.3 Å². The fourth-order valence-corrected chi connectivity index (χ4v) is 4.06. The van der Waals surface area contributed by atoms with Crippen LogP contribution in [0.15, 0.2) is 66.3 Å². The Bertz CT molecular complexity index is 1340. The van der Waals surface area contributed by atoms with Crippen LogP contribution in [0.25, 0.3) is 22.0 Å². The number of fused-ring (bicyclic) bond motifs is 3. The van der Waals surface area contributed by atoms with Gasteiger partial charge in [-0.25, -0.2) is 9.78 Å². The number of anilines is 1. The van der Waals surface area contributed by atoms with Crippen molar-refractivity contribution in [2.24, 2.45) is 0 Å². The predicted molar refractivity (Wildman–Crippen MR) is 120 cm³/mol. The van der Waals surface area contributed by atoms with E-state index >= 15 is 0 Å². The van der Waals surface area contributed by atoms with E-state index in [-0.39, 0.29) is 5.91 Å². The van der Waals surface area contributed by atoms with Crippen molar-refractivity contribution in [3.8, 4) is 17.0 Å². The molecule has 174 valence electrons. The molecule has 34 heavy (non-hydrogen) atoms. The zero-order valence-corrected chi connectivity index (χ0v) is 18.1. The lowest BCUT2D eigenvalue weighted by atomic mass is 10.0. The number of benzene rings is 2. The highest BCUT2D eigenvalue weighted by Gasteiger charge is 2.38. The molecule has 0 spiro atoms. The highest BCUT2D eigenvalue weighted by molar-refractivity contribution is 7.14. The SMILES string of the molecule is O=C(Nc1nc(-c2ccncc2)cs1)C1Cc2c(ccc3ccccc23)O1.O=C(O)C(F)(F)F. The summed E-state index contributed by atoms with van der Waals surface area (Å²) < 4.78 is 37.6. The molecular formula is C23H16F3N3O4S. The number of alkyl halides is 3. The summed E-state index contributed by atoms with van der Waals surface area (Å²) >= 11 is 1.40. The molecule has 0 radical (unpaired) electrons. The summed E-state index contributed by atoms with van der Waals surface area (Å²) in [6.45, 7) is 0. The molecule has 0 fully saturated rings. The molecule has 2 N–H and O–H groups in total. The van der Waals surface area contributed by atoms with Gasteiger partial charge in [0.1, 0.15) is 5.75 Å². The van der Waals surface area contributed by atoms with Gasteiger partial charge in [0.25, 0.3) is 5.91 Å². The minimum Gasteiger partial charge on any atom is -0.480 e. The number of aromatic nitrogens is 2. The van der Waals surface area contributed by atoms with Gasteiger partial charge in [-0.05, 0) is 29.0 Å². The Balaban J connectivity index is 0.000000344. The number of ether oxygens (including phenoxy) is 1. The van der Waals surface area contributed by atoms with E-state index in [1.54, 1.807) is 12.4 Å². The Morgan fingerprint density at radius 1 is 1.09 bits per heavy atom. The summed E-state index contributed by atoms with van der Waals surface area (Å²) in [5, 5.41) is 14.8. The number of aliphatic carboxylic acids is 1. The molecule has 1 atom stereocenters. The summed E-state index contributed by atoms with van der Waals surface area (Å²) in [4.78, 5) is 30.1. The summed E-state index contributed by atoms with van der Waals surface area (Å²) in [6.07, 6.45) is -1.62. The van der Waals surface area contributed by atoms with Crippen molar-refractivity contribution in [3.63, 3.8) is 0 Å². The van der Waals surface area contributed by atoms with Crippen molar-refractivity contribution < 1.29 is 32.6 Å². The van der Waals surface area contributed by atoms with Gasteiger partial charge in [-0.15, -0.1) is 11.3 Å². The zero-order chi connectivity index (χ0) is 24.3. The Morgan fingerprint density at radius 3 is 2.50 bits per heavy atom. The number of hydrogen-bond donors (Lipinski definition) is 2. The van der Waals surface area contributed by atoms with E-state index in [0.717, 1.165) is 33.3 Å². The summed E-state index contributed by atoms with van der Waals surface area (Å²) in [5.74, 6) is -2.15. The lowest BCUT2D eigenvalue weighted by Gasteiger charge is -2.09. The Morgan fingerprint density at radius 2 is 1.79 bits per heavy atom. The molecule has 4 aromatic rings. The normalized spacial score (nSPS) is 14.5. The number of halogens is 3. The van der Waals surface area contributed by atoms with Crippen LogP contribution < -0.4 is 10.1 Å². The number of nitrogens with one attached hydrogen (secondary N) is 1. The molecule has 7 nitrogen and oxygen atoms in total. The number of amides is 1. The van der Waals surface area contributed by atoms with Crippen LogP contribution in [0.5, 0.6) is 5.75 Å². The summed E-state index contributed by atoms with van der Waals surface area (Å²) in [5.41, 5.74) is 2.88. The molecule has 0 saturated heterocycles. The van der Waals surface area contributed by atoms with Crippen LogP contribution in [0.3, 0.4) is 0 Å². The molecule has 2 aromatic heterocycles. The quantitative estimate of drug-likeness (QED) is 0.425. The third kappa shape index (κ3) is 5.15. The fourth-order valence-electron chi connectivity index (χ4n) is 3.34. The molecule has 0 bridgehead atoms. The van der Waals surface area contributed by atoms with Gasteiger partial charge in [-0.3, -0.25) is 15.1 Å². The lowest BCUT2D eigenvalue weighted by molar-refractivity contribution is -0.192. The first-order valence-electron chi connectivity index (χ1n) is 9.86. The minimum atomic E-state index is -5.08. The summed E-state index contributed by atoms with van der Waals surface area (Å²) in [7, 11) is 0. The van der Waals surface area contributed by atoms with E-state index in [1.807, 2.05) is 41.8 Å². The number of carbonyl (C=O) groups is 2. The zero-order valence-electron chi connectivity index (χ0n) is 17.2. The molecule has 3 heterocycles. The average molecular weight is 487 g/mol. The van der Waals surface area contributed by atoms with Gasteiger partial charge in [0.2, 0.25) is 0 Å². The predicted octanol–water partition coefficient (Wildman–Crippen LogP) is 4.93. The second-order valence-electron chi connectivity index (χ2n) is 7.14. The van der Waals surface area contributed by atoms with Gasteiger partial charge in [0, 0.05) is 35.3 Å². The van der Waals surface area contributed by atoms with Gasteiger partial charge >= 0.3 is 12.1 Å². The van der Waals surface area contributed by atoms with Gasteiger partial charge in [0.15, 0.2) is 11.2 Å². The number of hydrogen-bond acceptors (Lipinski definition) is 6. The van der Waals surface area contributed by atoms with Crippen molar-refractivity contribution in [1.82, 2.24) is 9.97 Å². The second kappa shape index (κ2) is 9.48. The molecule has 2 aromatic carbocycles. The van der Waals surface area contributed by atoms with Gasteiger partial charge < -0.3 is 9.84 Å². The first-order valence-corrected chi connectivity index (χ1v) is 10.7. The van der Waals surface area contributed by atoms with E-state index in [4.69, 9.17) is 14.6 Å². The highest BCUT2D eigenvalue weighted by atomic mass is 32.1. The molecule has 1 aliphatic heterocycles. The van der Waals surface area contributed by atoms with E-state index in [9.17, 15) is 18.0 Å². The molecule has 5 rings (SSSR count). The lowest BCUT2D eigenvalue weighted by Crippen LogP contribution is -2.31. The first-order chi connectivity index (χ1) is 16.2. The summed E-state index contributed by atoms with van der Waals surface area (Å²) in [6, 6.07) is 15.9. The van der Waals surface area contributed by atoms with Crippen LogP contribution in [-0.4, -0.2) is 39.2 Å². The molecule has 1 aliphatic rings. The van der Waals surface area contributed by atoms with E-state index in [2.05, 4.69) is 27.4 Å². The Hall–Kier alpha value is -3.99. The van der Waals surface area contributed by atoms with Crippen molar-refractivity contribution in [1.29, 1.82) is 0 Å². The minimum absolute atomic E-state index is 0.175. The van der Waals surface area contributed by atoms with E-state index in [1.165, 1.54) is 11.3 Å². The highest BCUT2D eigenvalue weighted by Crippen LogP contribution is 2.35. The van der Waals surface area contributed by atoms with Crippen molar-refractivity contribution >= 4 is 39.1 Å². The van der Waals surface area contributed by atoms with Crippen LogP contribution in [0.4, 0.5) is 18.3 Å². The average Bonchev–Trinajstić information content (AvgIpc) is 3.47. The molecule has 11 heteroatoms. The number of carboxylic acid groups (broad SMARTS) is 1. The number of thiazole rings is 1. The Labute approximate surface area is 194 Å². The van der Waals surface area contributed by atoms with Crippen LogP contribution in [0.2, 0.25) is 0 Å². The van der Waals surface area contributed by atoms with E-state index < -0.39 is 18.2 Å². The maximum atomic E-state index is 12.7. The monoisotopic (exact) mass is 487 g/mol. The van der Waals surface area contributed by atoms with Crippen LogP contribution in [0.1, 0.15) is 5.56 Å². The maximum Gasteiger partial charge on any atom is 0.490 e. The van der Waals surface area contributed by atoms with Crippen molar-refractivity contribution in [2.75, 3.05) is 5.32 Å². The second-order valence-corrected chi connectivity index (χ2v) is 8.00. The number of nitrogens with zero attached hydrogens (tertiary/aromatic N) is 2. The first kappa shape index (κ1) is 23.2.